The number of carboxylic acid groups (broad SMARTS) is 1. The summed E-state index contributed by atoms with van der Waals surface area (Å²) < 4.78 is 5.19. The van der Waals surface area contributed by atoms with Gasteiger partial charge in [0.15, 0.2) is 5.69 Å². The number of rotatable bonds is 3. The number of carbonyl (C=O) groups is 1. The van der Waals surface area contributed by atoms with Crippen molar-refractivity contribution in [1.82, 2.24) is 4.98 Å². The Morgan fingerprint density at radius 2 is 2.56 bits per heavy atom. The molecule has 0 aromatic carbocycles. The predicted molar refractivity (Wildman–Crippen MR) is 58.7 cm³/mol. The van der Waals surface area contributed by atoms with Crippen molar-refractivity contribution in [1.29, 1.82) is 0 Å². The van der Waals surface area contributed by atoms with E-state index in [2.05, 4.69) is 11.9 Å². The van der Waals surface area contributed by atoms with Gasteiger partial charge in [-0.1, -0.05) is 13.3 Å². The Morgan fingerprint density at radius 3 is 3.19 bits per heavy atom. The van der Waals surface area contributed by atoms with E-state index in [-0.39, 0.29) is 5.69 Å². The van der Waals surface area contributed by atoms with Crippen molar-refractivity contribution in [2.45, 2.75) is 26.2 Å². The highest BCUT2D eigenvalue weighted by atomic mass is 16.4. The summed E-state index contributed by atoms with van der Waals surface area (Å²) in [4.78, 5) is 16.7. The molecule has 2 heterocycles. The van der Waals surface area contributed by atoms with Crippen molar-refractivity contribution in [3.05, 3.63) is 12.0 Å². The molecule has 1 aliphatic heterocycles. The Kier molecular flexibility index (Phi) is 3.12. The van der Waals surface area contributed by atoms with Gasteiger partial charge >= 0.3 is 5.97 Å². The van der Waals surface area contributed by atoms with E-state index in [1.54, 1.807) is 0 Å². The maximum atomic E-state index is 10.7. The molecule has 5 nitrogen and oxygen atoms in total. The van der Waals surface area contributed by atoms with Gasteiger partial charge in [-0.15, -0.1) is 0 Å². The lowest BCUT2D eigenvalue weighted by Gasteiger charge is -2.30. The van der Waals surface area contributed by atoms with Crippen molar-refractivity contribution >= 4 is 12.0 Å². The second kappa shape index (κ2) is 4.55. The molecule has 1 fully saturated rings. The smallest absolute Gasteiger partial charge is 0.357 e. The van der Waals surface area contributed by atoms with E-state index in [1.165, 1.54) is 12.7 Å². The maximum Gasteiger partial charge on any atom is 0.357 e. The van der Waals surface area contributed by atoms with Crippen molar-refractivity contribution in [2.75, 3.05) is 18.0 Å². The molecule has 2 rings (SSSR count). The minimum Gasteiger partial charge on any atom is -0.476 e. The van der Waals surface area contributed by atoms with Crippen LogP contribution in [0.5, 0.6) is 0 Å². The van der Waals surface area contributed by atoms with Gasteiger partial charge in [-0.3, -0.25) is 0 Å². The number of hydrogen-bond donors (Lipinski definition) is 1. The minimum absolute atomic E-state index is 0.0198. The summed E-state index contributed by atoms with van der Waals surface area (Å²) in [5, 5.41) is 8.75. The molecule has 0 bridgehead atoms. The fourth-order valence-corrected chi connectivity index (χ4v) is 2.08. The van der Waals surface area contributed by atoms with Gasteiger partial charge in [-0.2, -0.15) is 4.98 Å². The number of aromatic carboxylic acids is 1. The second-order valence-corrected chi connectivity index (χ2v) is 4.18. The third-order valence-electron chi connectivity index (χ3n) is 3.08. The van der Waals surface area contributed by atoms with E-state index >= 15 is 0 Å². The molecule has 0 aliphatic carbocycles. The number of anilines is 1. The summed E-state index contributed by atoms with van der Waals surface area (Å²) in [5.74, 6) is -0.382. The number of carboxylic acids is 1. The van der Waals surface area contributed by atoms with Gasteiger partial charge in [0.25, 0.3) is 6.01 Å². The molecule has 1 N–H and O–H groups in total. The Labute approximate surface area is 94.1 Å². The topological polar surface area (TPSA) is 66.6 Å². The summed E-state index contributed by atoms with van der Waals surface area (Å²) in [6.07, 6.45) is 4.69. The molecular weight excluding hydrogens is 208 g/mol. The monoisotopic (exact) mass is 224 g/mol. The zero-order valence-electron chi connectivity index (χ0n) is 9.35. The lowest BCUT2D eigenvalue weighted by atomic mass is 9.96. The Bertz CT molecular complexity index is 375. The average Bonchev–Trinajstić information content (AvgIpc) is 2.78. The third kappa shape index (κ3) is 2.18. The zero-order valence-corrected chi connectivity index (χ0v) is 9.35. The molecule has 0 spiro atoms. The van der Waals surface area contributed by atoms with Crippen molar-refractivity contribution in [2.24, 2.45) is 5.92 Å². The summed E-state index contributed by atoms with van der Waals surface area (Å²) in [7, 11) is 0. The van der Waals surface area contributed by atoms with Gasteiger partial charge in [0, 0.05) is 13.1 Å². The SMILES string of the molecule is CCC1CCCN(c2nc(C(=O)O)co2)C1. The van der Waals surface area contributed by atoms with Crippen LogP contribution in [0.1, 0.15) is 36.7 Å². The molecule has 1 unspecified atom stereocenters. The Balaban J connectivity index is 2.08. The van der Waals surface area contributed by atoms with Gasteiger partial charge in [0.1, 0.15) is 6.26 Å². The lowest BCUT2D eigenvalue weighted by molar-refractivity contribution is 0.0690. The number of hydrogen-bond acceptors (Lipinski definition) is 4. The van der Waals surface area contributed by atoms with E-state index in [9.17, 15) is 4.79 Å². The van der Waals surface area contributed by atoms with Crippen LogP contribution in [0.15, 0.2) is 10.7 Å². The highest BCUT2D eigenvalue weighted by Crippen LogP contribution is 2.24. The molecule has 0 radical (unpaired) electrons. The summed E-state index contributed by atoms with van der Waals surface area (Å²) in [6.45, 7) is 3.98. The molecule has 16 heavy (non-hydrogen) atoms. The molecule has 0 saturated carbocycles. The molecule has 0 amide bonds. The highest BCUT2D eigenvalue weighted by Gasteiger charge is 2.22. The van der Waals surface area contributed by atoms with E-state index in [0.29, 0.717) is 11.9 Å². The molecular formula is C11H16N2O3. The predicted octanol–water partition coefficient (Wildman–Crippen LogP) is 2.00. The van der Waals surface area contributed by atoms with Gasteiger partial charge in [0.2, 0.25) is 0 Å². The zero-order chi connectivity index (χ0) is 11.5. The summed E-state index contributed by atoms with van der Waals surface area (Å²) in [5.41, 5.74) is -0.0198. The maximum absolute atomic E-state index is 10.7. The normalized spacial score (nSPS) is 21.1. The van der Waals surface area contributed by atoms with Crippen LogP contribution in [0.4, 0.5) is 6.01 Å². The van der Waals surface area contributed by atoms with Crippen LogP contribution in [-0.2, 0) is 0 Å². The molecule has 5 heteroatoms. The Hall–Kier alpha value is -1.52. The van der Waals surface area contributed by atoms with Crippen molar-refractivity contribution < 1.29 is 14.3 Å². The second-order valence-electron chi connectivity index (χ2n) is 4.18. The van der Waals surface area contributed by atoms with Crippen LogP contribution in [0.3, 0.4) is 0 Å². The van der Waals surface area contributed by atoms with Crippen LogP contribution >= 0.6 is 0 Å². The van der Waals surface area contributed by atoms with Crippen LogP contribution in [0.2, 0.25) is 0 Å². The van der Waals surface area contributed by atoms with Crippen molar-refractivity contribution in [3.8, 4) is 0 Å². The number of piperidine rings is 1. The van der Waals surface area contributed by atoms with Gasteiger partial charge in [0.05, 0.1) is 0 Å². The number of aromatic nitrogens is 1. The average molecular weight is 224 g/mol. The lowest BCUT2D eigenvalue weighted by Crippen LogP contribution is -2.35. The molecule has 1 aliphatic rings. The fraction of sp³-hybridized carbons (Fsp3) is 0.636. The van der Waals surface area contributed by atoms with E-state index in [0.717, 1.165) is 25.9 Å². The first-order chi connectivity index (χ1) is 7.70. The Morgan fingerprint density at radius 1 is 1.75 bits per heavy atom. The van der Waals surface area contributed by atoms with Crippen LogP contribution in [-0.4, -0.2) is 29.1 Å². The first-order valence-corrected chi connectivity index (χ1v) is 5.64. The molecule has 1 saturated heterocycles. The van der Waals surface area contributed by atoms with E-state index in [4.69, 9.17) is 9.52 Å². The fourth-order valence-electron chi connectivity index (χ4n) is 2.08. The van der Waals surface area contributed by atoms with Crippen LogP contribution in [0, 0.1) is 5.92 Å². The third-order valence-corrected chi connectivity index (χ3v) is 3.08. The molecule has 88 valence electrons. The summed E-state index contributed by atoms with van der Waals surface area (Å²) >= 11 is 0. The van der Waals surface area contributed by atoms with Gasteiger partial charge in [-0.25, -0.2) is 4.79 Å². The van der Waals surface area contributed by atoms with Crippen molar-refractivity contribution in [3.63, 3.8) is 0 Å². The van der Waals surface area contributed by atoms with Crippen LogP contribution < -0.4 is 4.90 Å². The quantitative estimate of drug-likeness (QED) is 0.850. The standard InChI is InChI=1S/C11H16N2O3/c1-2-8-4-3-5-13(6-8)11-12-9(7-16-11)10(14)15/h7-8H,2-6H2,1H3,(H,14,15). The number of nitrogens with zero attached hydrogens (tertiary/aromatic N) is 2. The highest BCUT2D eigenvalue weighted by molar-refractivity contribution is 5.85. The molecule has 1 aromatic heterocycles. The van der Waals surface area contributed by atoms with E-state index < -0.39 is 5.97 Å². The number of oxazole rings is 1. The summed E-state index contributed by atoms with van der Waals surface area (Å²) in [6, 6.07) is 0.440. The van der Waals surface area contributed by atoms with Gasteiger partial charge in [-0.05, 0) is 18.8 Å². The molecule has 1 aromatic rings. The first-order valence-electron chi connectivity index (χ1n) is 5.64. The first kappa shape index (κ1) is 11.0. The van der Waals surface area contributed by atoms with E-state index in [1.807, 2.05) is 4.90 Å². The molecule has 1 atom stereocenters. The van der Waals surface area contributed by atoms with Crippen LogP contribution in [0.25, 0.3) is 0 Å². The largest absolute Gasteiger partial charge is 0.476 e. The van der Waals surface area contributed by atoms with Gasteiger partial charge < -0.3 is 14.4 Å². The minimum atomic E-state index is -1.04.